The van der Waals surface area contributed by atoms with Crippen molar-refractivity contribution in [2.45, 2.75) is 26.7 Å². The fraction of sp³-hybridized carbons (Fsp3) is 0.350. The smallest absolute Gasteiger partial charge is 0.227 e. The van der Waals surface area contributed by atoms with Gasteiger partial charge >= 0.3 is 0 Å². The van der Waals surface area contributed by atoms with Crippen molar-refractivity contribution >= 4 is 50.6 Å². The summed E-state index contributed by atoms with van der Waals surface area (Å²) in [6, 6.07) is 7.27. The number of anilines is 2. The second-order valence-electron chi connectivity index (χ2n) is 6.92. The van der Waals surface area contributed by atoms with Gasteiger partial charge in [0.15, 0.2) is 0 Å². The molecule has 1 N–H and O–H groups in total. The molecule has 0 spiro atoms. The van der Waals surface area contributed by atoms with E-state index in [1.165, 1.54) is 10.4 Å². The highest BCUT2D eigenvalue weighted by molar-refractivity contribution is 7.18. The van der Waals surface area contributed by atoms with Crippen molar-refractivity contribution in [3.63, 3.8) is 0 Å². The number of fused-ring (bicyclic) bond motifs is 1. The number of thiophene rings is 1. The molecule has 1 aliphatic rings. The lowest BCUT2D eigenvalue weighted by Crippen LogP contribution is -2.38. The van der Waals surface area contributed by atoms with E-state index in [-0.39, 0.29) is 11.8 Å². The second kappa shape index (κ2) is 7.44. The number of amides is 1. The van der Waals surface area contributed by atoms with E-state index in [0.717, 1.165) is 47.7 Å². The Morgan fingerprint density at radius 1 is 1.26 bits per heavy atom. The minimum atomic E-state index is 0.00266. The fourth-order valence-corrected chi connectivity index (χ4v) is 4.75. The van der Waals surface area contributed by atoms with Crippen LogP contribution in [0.3, 0.4) is 0 Å². The molecule has 27 heavy (non-hydrogen) atoms. The van der Waals surface area contributed by atoms with Gasteiger partial charge in [-0.05, 0) is 50.5 Å². The molecule has 1 aliphatic heterocycles. The minimum absolute atomic E-state index is 0.00266. The molecule has 0 aliphatic carbocycles. The molecule has 2 aromatic heterocycles. The molecule has 0 bridgehead atoms. The maximum Gasteiger partial charge on any atom is 0.227 e. The summed E-state index contributed by atoms with van der Waals surface area (Å²) in [7, 11) is 0. The van der Waals surface area contributed by atoms with Gasteiger partial charge in [0, 0.05) is 34.6 Å². The zero-order valence-corrected chi connectivity index (χ0v) is 16.9. The van der Waals surface area contributed by atoms with Gasteiger partial charge in [-0.15, -0.1) is 11.3 Å². The van der Waals surface area contributed by atoms with Crippen LogP contribution in [0.15, 0.2) is 30.6 Å². The lowest BCUT2D eigenvalue weighted by molar-refractivity contribution is -0.120. The predicted octanol–water partition coefficient (Wildman–Crippen LogP) is 4.82. The second-order valence-corrected chi connectivity index (χ2v) is 8.56. The number of piperidine rings is 1. The summed E-state index contributed by atoms with van der Waals surface area (Å²) in [5.74, 6) is 1.06. The van der Waals surface area contributed by atoms with E-state index in [4.69, 9.17) is 11.6 Å². The molecular weight excluding hydrogens is 380 g/mol. The maximum atomic E-state index is 12.6. The van der Waals surface area contributed by atoms with Crippen LogP contribution >= 0.6 is 22.9 Å². The highest BCUT2D eigenvalue weighted by atomic mass is 35.5. The van der Waals surface area contributed by atoms with E-state index < -0.39 is 0 Å². The van der Waals surface area contributed by atoms with Gasteiger partial charge in [-0.3, -0.25) is 4.79 Å². The average Bonchev–Trinajstić information content (AvgIpc) is 2.96. The summed E-state index contributed by atoms with van der Waals surface area (Å²) in [5, 5.41) is 4.76. The monoisotopic (exact) mass is 400 g/mol. The molecule has 0 saturated carbocycles. The largest absolute Gasteiger partial charge is 0.356 e. The molecule has 0 atom stereocenters. The van der Waals surface area contributed by atoms with Crippen molar-refractivity contribution in [2.75, 3.05) is 23.3 Å². The molecule has 1 amide bonds. The van der Waals surface area contributed by atoms with Crippen molar-refractivity contribution in [3.05, 3.63) is 46.1 Å². The van der Waals surface area contributed by atoms with Crippen molar-refractivity contribution < 1.29 is 4.79 Å². The Labute approximate surface area is 167 Å². The van der Waals surface area contributed by atoms with Crippen molar-refractivity contribution in [1.82, 2.24) is 9.97 Å². The summed E-state index contributed by atoms with van der Waals surface area (Å²) in [6.07, 6.45) is 3.26. The minimum Gasteiger partial charge on any atom is -0.356 e. The summed E-state index contributed by atoms with van der Waals surface area (Å²) < 4.78 is 0. The van der Waals surface area contributed by atoms with E-state index in [1.54, 1.807) is 29.8 Å². The van der Waals surface area contributed by atoms with Crippen LogP contribution < -0.4 is 10.2 Å². The third-order valence-electron chi connectivity index (χ3n) is 5.20. The molecule has 5 nitrogen and oxygen atoms in total. The summed E-state index contributed by atoms with van der Waals surface area (Å²) >= 11 is 7.71. The van der Waals surface area contributed by atoms with Gasteiger partial charge in [0.1, 0.15) is 17.0 Å². The highest BCUT2D eigenvalue weighted by Crippen LogP contribution is 2.35. The number of hydrogen-bond acceptors (Lipinski definition) is 5. The van der Waals surface area contributed by atoms with Gasteiger partial charge in [-0.1, -0.05) is 17.7 Å². The number of rotatable bonds is 3. The van der Waals surface area contributed by atoms with Crippen molar-refractivity contribution in [2.24, 2.45) is 5.92 Å². The standard InChI is InChI=1S/C20H21ClN4OS/c1-12-13(2)27-20-17(12)18(22-11-23-20)25-8-6-14(7-9-25)19(26)24-16-5-3-4-15(21)10-16/h3-5,10-11,14H,6-9H2,1-2H3,(H,24,26). The third kappa shape index (κ3) is 3.64. The Morgan fingerprint density at radius 3 is 2.78 bits per heavy atom. The Morgan fingerprint density at radius 2 is 2.04 bits per heavy atom. The molecule has 3 aromatic rings. The predicted molar refractivity (Wildman–Crippen MR) is 112 cm³/mol. The van der Waals surface area contributed by atoms with Gasteiger partial charge in [-0.2, -0.15) is 0 Å². The Hall–Kier alpha value is -2.18. The van der Waals surface area contributed by atoms with Gasteiger partial charge in [-0.25, -0.2) is 9.97 Å². The average molecular weight is 401 g/mol. The number of aromatic nitrogens is 2. The Bertz CT molecular complexity index is 995. The van der Waals surface area contributed by atoms with Crippen molar-refractivity contribution in [3.8, 4) is 0 Å². The van der Waals surface area contributed by atoms with Gasteiger partial charge in [0.2, 0.25) is 5.91 Å². The molecule has 1 saturated heterocycles. The number of nitrogens with one attached hydrogen (secondary N) is 1. The van der Waals surface area contributed by atoms with Gasteiger partial charge in [0.05, 0.1) is 5.39 Å². The molecule has 1 aromatic carbocycles. The summed E-state index contributed by atoms with van der Waals surface area (Å²) in [4.78, 5) is 26.2. The van der Waals surface area contributed by atoms with Crippen LogP contribution in [0, 0.1) is 19.8 Å². The van der Waals surface area contributed by atoms with E-state index in [2.05, 4.69) is 34.0 Å². The number of aryl methyl sites for hydroxylation is 2. The first kappa shape index (κ1) is 18.2. The van der Waals surface area contributed by atoms with Crippen LogP contribution in [-0.2, 0) is 4.79 Å². The quantitative estimate of drug-likeness (QED) is 0.684. The number of halogens is 1. The molecular formula is C20H21ClN4OS. The molecule has 0 radical (unpaired) electrons. The highest BCUT2D eigenvalue weighted by Gasteiger charge is 2.27. The first-order valence-electron chi connectivity index (χ1n) is 9.05. The molecule has 140 valence electrons. The molecule has 4 rings (SSSR count). The molecule has 7 heteroatoms. The first-order chi connectivity index (χ1) is 13.0. The number of hydrogen-bond donors (Lipinski definition) is 1. The number of carbonyl (C=O) groups is 1. The van der Waals surface area contributed by atoms with Crippen LogP contribution in [-0.4, -0.2) is 29.0 Å². The lowest BCUT2D eigenvalue weighted by atomic mass is 9.95. The van der Waals surface area contributed by atoms with E-state index in [9.17, 15) is 4.79 Å². The SMILES string of the molecule is Cc1sc2ncnc(N3CCC(C(=O)Nc4cccc(Cl)c4)CC3)c2c1C. The van der Waals surface area contributed by atoms with Crippen LogP contribution in [0.25, 0.3) is 10.2 Å². The molecule has 3 heterocycles. The molecule has 1 fully saturated rings. The number of nitrogens with zero attached hydrogens (tertiary/aromatic N) is 3. The van der Waals surface area contributed by atoms with Crippen molar-refractivity contribution in [1.29, 1.82) is 0 Å². The zero-order valence-electron chi connectivity index (χ0n) is 15.3. The lowest BCUT2D eigenvalue weighted by Gasteiger charge is -2.32. The Balaban J connectivity index is 1.46. The van der Waals surface area contributed by atoms with Crippen LogP contribution in [0.5, 0.6) is 0 Å². The van der Waals surface area contributed by atoms with E-state index >= 15 is 0 Å². The van der Waals surface area contributed by atoms with Crippen LogP contribution in [0.1, 0.15) is 23.3 Å². The summed E-state index contributed by atoms with van der Waals surface area (Å²) in [5.41, 5.74) is 2.00. The first-order valence-corrected chi connectivity index (χ1v) is 10.2. The fourth-order valence-electron chi connectivity index (χ4n) is 3.57. The Kier molecular flexibility index (Phi) is 5.02. The van der Waals surface area contributed by atoms with E-state index in [0.29, 0.717) is 5.02 Å². The third-order valence-corrected chi connectivity index (χ3v) is 6.55. The maximum absolute atomic E-state index is 12.6. The topological polar surface area (TPSA) is 58.1 Å². The van der Waals surface area contributed by atoms with Gasteiger partial charge < -0.3 is 10.2 Å². The van der Waals surface area contributed by atoms with Crippen LogP contribution in [0.4, 0.5) is 11.5 Å². The van der Waals surface area contributed by atoms with E-state index in [1.807, 2.05) is 12.1 Å². The van der Waals surface area contributed by atoms with Gasteiger partial charge in [0.25, 0.3) is 0 Å². The molecule has 0 unspecified atom stereocenters. The summed E-state index contributed by atoms with van der Waals surface area (Å²) in [6.45, 7) is 5.88. The number of benzene rings is 1. The number of carbonyl (C=O) groups excluding carboxylic acids is 1. The normalized spacial score (nSPS) is 15.3. The van der Waals surface area contributed by atoms with Crippen LogP contribution in [0.2, 0.25) is 5.02 Å². The zero-order chi connectivity index (χ0) is 19.0.